The van der Waals surface area contributed by atoms with Crippen molar-refractivity contribution in [3.05, 3.63) is 31.0 Å². The molecule has 1 fully saturated rings. The van der Waals surface area contributed by atoms with E-state index in [9.17, 15) is 4.79 Å². The van der Waals surface area contributed by atoms with Gasteiger partial charge < -0.3 is 10.6 Å². The Bertz CT molecular complexity index is 576. The topological polar surface area (TPSA) is 84.7 Å². The fraction of sp³-hybridized carbons (Fsp3) is 0.385. The first-order chi connectivity index (χ1) is 9.83. The van der Waals surface area contributed by atoms with Crippen LogP contribution in [0, 0.1) is 0 Å². The van der Waals surface area contributed by atoms with Crippen LogP contribution in [0.1, 0.15) is 25.7 Å². The lowest BCUT2D eigenvalue weighted by molar-refractivity contribution is 0.248. The Balaban J connectivity index is 1.72. The predicted molar refractivity (Wildman–Crippen MR) is 73.6 cm³/mol. The molecule has 0 radical (unpaired) electrons. The second kappa shape index (κ2) is 5.68. The molecule has 0 bridgehead atoms. The molecular weight excluding hydrogens is 256 g/mol. The molecule has 2 aromatic heterocycles. The number of rotatable bonds is 3. The molecule has 2 heterocycles. The molecule has 0 unspecified atom stereocenters. The van der Waals surface area contributed by atoms with E-state index in [1.165, 1.54) is 23.9 Å². The summed E-state index contributed by atoms with van der Waals surface area (Å²) < 4.78 is 1.52. The largest absolute Gasteiger partial charge is 0.335 e. The first-order valence-electron chi connectivity index (χ1n) is 6.70. The van der Waals surface area contributed by atoms with E-state index in [0.717, 1.165) is 12.8 Å². The summed E-state index contributed by atoms with van der Waals surface area (Å²) >= 11 is 0. The van der Waals surface area contributed by atoms with Crippen molar-refractivity contribution in [1.82, 2.24) is 25.1 Å². The number of hydrogen-bond acceptors (Lipinski definition) is 4. The van der Waals surface area contributed by atoms with Crippen LogP contribution >= 0.6 is 0 Å². The third-order valence-corrected chi connectivity index (χ3v) is 3.36. The van der Waals surface area contributed by atoms with E-state index in [-0.39, 0.29) is 12.1 Å². The molecule has 0 aromatic carbocycles. The lowest BCUT2D eigenvalue weighted by Crippen LogP contribution is -2.36. The van der Waals surface area contributed by atoms with Gasteiger partial charge in [-0.3, -0.25) is 0 Å². The molecule has 1 aliphatic rings. The van der Waals surface area contributed by atoms with E-state index >= 15 is 0 Å². The number of urea groups is 1. The van der Waals surface area contributed by atoms with Crippen molar-refractivity contribution in [2.75, 3.05) is 5.32 Å². The van der Waals surface area contributed by atoms with Gasteiger partial charge in [0.05, 0.1) is 5.69 Å². The average Bonchev–Trinajstić information content (AvgIpc) is 3.11. The standard InChI is InChI=1S/C13H16N6O/c20-13(17-10-4-1-2-5-10)18-11-6-3-7-15-12(11)19-9-14-8-16-19/h3,6-10H,1-2,4-5H2,(H2,17,18,20). The molecule has 0 atom stereocenters. The van der Waals surface area contributed by atoms with Crippen molar-refractivity contribution in [3.63, 3.8) is 0 Å². The van der Waals surface area contributed by atoms with Gasteiger partial charge in [0.2, 0.25) is 0 Å². The van der Waals surface area contributed by atoms with Crippen LogP contribution in [-0.4, -0.2) is 31.8 Å². The quantitative estimate of drug-likeness (QED) is 0.891. The zero-order chi connectivity index (χ0) is 13.8. The second-order valence-corrected chi connectivity index (χ2v) is 4.79. The van der Waals surface area contributed by atoms with Crippen molar-refractivity contribution in [1.29, 1.82) is 0 Å². The molecule has 7 heteroatoms. The molecule has 3 rings (SSSR count). The Kier molecular flexibility index (Phi) is 3.58. The van der Waals surface area contributed by atoms with E-state index in [1.54, 1.807) is 24.7 Å². The van der Waals surface area contributed by atoms with Crippen LogP contribution in [0.3, 0.4) is 0 Å². The minimum atomic E-state index is -0.203. The molecule has 1 aliphatic carbocycles. The van der Waals surface area contributed by atoms with Crippen LogP contribution < -0.4 is 10.6 Å². The fourth-order valence-corrected chi connectivity index (χ4v) is 2.41. The molecule has 2 aromatic rings. The number of pyridine rings is 1. The predicted octanol–water partition coefficient (Wildman–Crippen LogP) is 1.73. The Morgan fingerprint density at radius 2 is 2.20 bits per heavy atom. The van der Waals surface area contributed by atoms with Gasteiger partial charge in [-0.2, -0.15) is 5.10 Å². The second-order valence-electron chi connectivity index (χ2n) is 4.79. The zero-order valence-electron chi connectivity index (χ0n) is 11.0. The van der Waals surface area contributed by atoms with Gasteiger partial charge in [-0.1, -0.05) is 12.8 Å². The Morgan fingerprint density at radius 1 is 1.35 bits per heavy atom. The highest BCUT2D eigenvalue weighted by Gasteiger charge is 2.18. The smallest absolute Gasteiger partial charge is 0.319 e. The number of hydrogen-bond donors (Lipinski definition) is 2. The van der Waals surface area contributed by atoms with Crippen LogP contribution in [-0.2, 0) is 0 Å². The van der Waals surface area contributed by atoms with E-state index in [1.807, 2.05) is 0 Å². The summed E-state index contributed by atoms with van der Waals surface area (Å²) in [5.74, 6) is 0.548. The van der Waals surface area contributed by atoms with E-state index in [4.69, 9.17) is 0 Å². The van der Waals surface area contributed by atoms with Gasteiger partial charge in [-0.15, -0.1) is 0 Å². The lowest BCUT2D eigenvalue weighted by Gasteiger charge is -2.14. The van der Waals surface area contributed by atoms with E-state index in [0.29, 0.717) is 11.5 Å². The number of anilines is 1. The van der Waals surface area contributed by atoms with Crippen LogP contribution in [0.15, 0.2) is 31.0 Å². The number of carbonyl (C=O) groups excluding carboxylic acids is 1. The molecule has 7 nitrogen and oxygen atoms in total. The minimum Gasteiger partial charge on any atom is -0.335 e. The number of nitrogens with zero attached hydrogens (tertiary/aromatic N) is 4. The van der Waals surface area contributed by atoms with Gasteiger partial charge in [-0.25, -0.2) is 19.4 Å². The summed E-state index contributed by atoms with van der Waals surface area (Å²) in [4.78, 5) is 20.1. The highest BCUT2D eigenvalue weighted by atomic mass is 16.2. The minimum absolute atomic E-state index is 0.203. The first-order valence-corrected chi connectivity index (χ1v) is 6.70. The van der Waals surface area contributed by atoms with Crippen LogP contribution in [0.5, 0.6) is 0 Å². The number of aromatic nitrogens is 4. The van der Waals surface area contributed by atoms with Crippen molar-refractivity contribution in [3.8, 4) is 5.82 Å². The SMILES string of the molecule is O=C(Nc1cccnc1-n1cncn1)NC1CCCC1. The first kappa shape index (κ1) is 12.6. The molecule has 104 valence electrons. The van der Waals surface area contributed by atoms with Gasteiger partial charge in [0, 0.05) is 12.2 Å². The fourth-order valence-electron chi connectivity index (χ4n) is 2.41. The molecule has 2 N–H and O–H groups in total. The highest BCUT2D eigenvalue weighted by Crippen LogP contribution is 2.19. The maximum atomic E-state index is 12.0. The molecule has 20 heavy (non-hydrogen) atoms. The van der Waals surface area contributed by atoms with Crippen LogP contribution in [0.2, 0.25) is 0 Å². The molecule has 1 saturated carbocycles. The number of nitrogens with one attached hydrogen (secondary N) is 2. The van der Waals surface area contributed by atoms with Gasteiger partial charge in [0.25, 0.3) is 0 Å². The maximum absolute atomic E-state index is 12.0. The van der Waals surface area contributed by atoms with Crippen molar-refractivity contribution in [2.24, 2.45) is 0 Å². The normalized spacial score (nSPS) is 15.2. The zero-order valence-corrected chi connectivity index (χ0v) is 11.0. The Hall–Kier alpha value is -2.44. The van der Waals surface area contributed by atoms with Crippen molar-refractivity contribution >= 4 is 11.7 Å². The summed E-state index contributed by atoms with van der Waals surface area (Å²) in [7, 11) is 0. The third-order valence-electron chi connectivity index (χ3n) is 3.36. The van der Waals surface area contributed by atoms with Crippen molar-refractivity contribution < 1.29 is 4.79 Å². The van der Waals surface area contributed by atoms with E-state index < -0.39 is 0 Å². The maximum Gasteiger partial charge on any atom is 0.319 e. The Labute approximate surface area is 116 Å². The lowest BCUT2D eigenvalue weighted by atomic mass is 10.2. The molecule has 0 saturated heterocycles. The van der Waals surface area contributed by atoms with E-state index in [2.05, 4.69) is 25.7 Å². The third kappa shape index (κ3) is 2.76. The van der Waals surface area contributed by atoms with Crippen LogP contribution in [0.25, 0.3) is 5.82 Å². The van der Waals surface area contributed by atoms with Gasteiger partial charge >= 0.3 is 6.03 Å². The summed E-state index contributed by atoms with van der Waals surface area (Å²) in [6.45, 7) is 0. The number of amides is 2. The van der Waals surface area contributed by atoms with Crippen LogP contribution in [0.4, 0.5) is 10.5 Å². The van der Waals surface area contributed by atoms with Crippen molar-refractivity contribution in [2.45, 2.75) is 31.7 Å². The monoisotopic (exact) mass is 272 g/mol. The summed E-state index contributed by atoms with van der Waals surface area (Å²) in [5.41, 5.74) is 0.605. The summed E-state index contributed by atoms with van der Waals surface area (Å²) in [6, 6.07) is 3.64. The van der Waals surface area contributed by atoms with Gasteiger partial charge in [0.15, 0.2) is 5.82 Å². The summed E-state index contributed by atoms with van der Waals surface area (Å²) in [6.07, 6.45) is 9.09. The molecule has 0 spiro atoms. The average molecular weight is 272 g/mol. The molecule has 2 amide bonds. The highest BCUT2D eigenvalue weighted by molar-refractivity contribution is 5.91. The molecular formula is C13H16N6O. The molecule has 0 aliphatic heterocycles. The number of carbonyl (C=O) groups is 1. The van der Waals surface area contributed by atoms with Gasteiger partial charge in [0.1, 0.15) is 12.7 Å². The van der Waals surface area contributed by atoms with Gasteiger partial charge in [-0.05, 0) is 25.0 Å². The Morgan fingerprint density at radius 3 is 2.95 bits per heavy atom. The summed E-state index contributed by atoms with van der Waals surface area (Å²) in [5, 5.41) is 9.83.